The van der Waals surface area contributed by atoms with Gasteiger partial charge in [0.05, 0.1) is 0 Å². The molecule has 0 aliphatic rings. The molecule has 0 unspecified atom stereocenters. The molecule has 0 aromatic heterocycles. The van der Waals surface area contributed by atoms with Gasteiger partial charge in [-0.15, -0.1) is 0 Å². The van der Waals surface area contributed by atoms with E-state index in [4.69, 9.17) is 5.11 Å². The molecule has 19 heavy (non-hydrogen) atoms. The average Bonchev–Trinajstić information content (AvgIpc) is 2.32. The summed E-state index contributed by atoms with van der Waals surface area (Å²) >= 11 is 0. The van der Waals surface area contributed by atoms with Crippen LogP contribution in [0.1, 0.15) is 33.6 Å². The lowest BCUT2D eigenvalue weighted by atomic mass is 10.3. The molecule has 0 rings (SSSR count). The van der Waals surface area contributed by atoms with Gasteiger partial charge in [-0.25, -0.2) is 4.79 Å². The lowest BCUT2D eigenvalue weighted by Crippen LogP contribution is -2.43. The summed E-state index contributed by atoms with van der Waals surface area (Å²) in [5.74, 6) is -0.983. The normalized spacial score (nSPS) is 10.8. The fourth-order valence-electron chi connectivity index (χ4n) is 1.58. The van der Waals surface area contributed by atoms with Crippen LogP contribution in [-0.2, 0) is 4.79 Å². The molecule has 0 atom stereocenters. The summed E-state index contributed by atoms with van der Waals surface area (Å²) in [5, 5.41) is 11.5. The minimum Gasteiger partial charge on any atom is -0.480 e. The first-order chi connectivity index (χ1) is 8.88. The first kappa shape index (κ1) is 17.7. The molecule has 0 aromatic rings. The molecule has 6 heteroatoms. The van der Waals surface area contributed by atoms with Crippen LogP contribution in [0.2, 0.25) is 0 Å². The number of carbonyl (C=O) groups is 2. The van der Waals surface area contributed by atoms with E-state index >= 15 is 0 Å². The van der Waals surface area contributed by atoms with Gasteiger partial charge in [0.2, 0.25) is 0 Å². The highest BCUT2D eigenvalue weighted by Gasteiger charge is 2.15. The summed E-state index contributed by atoms with van der Waals surface area (Å²) in [5.41, 5.74) is 0. The van der Waals surface area contributed by atoms with E-state index in [9.17, 15) is 9.59 Å². The average molecular weight is 273 g/mol. The fourth-order valence-corrected chi connectivity index (χ4v) is 1.58. The molecule has 6 nitrogen and oxygen atoms in total. The summed E-state index contributed by atoms with van der Waals surface area (Å²) < 4.78 is 0. The Morgan fingerprint density at radius 3 is 2.37 bits per heavy atom. The van der Waals surface area contributed by atoms with Crippen LogP contribution in [0, 0.1) is 0 Å². The first-order valence-electron chi connectivity index (χ1n) is 6.83. The van der Waals surface area contributed by atoms with Crippen molar-refractivity contribution in [2.24, 2.45) is 0 Å². The third kappa shape index (κ3) is 8.42. The van der Waals surface area contributed by atoms with Gasteiger partial charge in [-0.1, -0.05) is 6.92 Å². The van der Waals surface area contributed by atoms with Crippen molar-refractivity contribution in [3.63, 3.8) is 0 Å². The van der Waals surface area contributed by atoms with Crippen molar-refractivity contribution in [2.45, 2.75) is 39.7 Å². The third-order valence-electron chi connectivity index (χ3n) is 2.95. The van der Waals surface area contributed by atoms with Crippen molar-refractivity contribution < 1.29 is 14.7 Å². The Morgan fingerprint density at radius 2 is 1.89 bits per heavy atom. The van der Waals surface area contributed by atoms with E-state index in [1.807, 2.05) is 14.0 Å². The van der Waals surface area contributed by atoms with E-state index in [2.05, 4.69) is 24.1 Å². The zero-order chi connectivity index (χ0) is 14.8. The quantitative estimate of drug-likeness (QED) is 0.620. The molecule has 0 fully saturated rings. The molecule has 0 spiro atoms. The first-order valence-corrected chi connectivity index (χ1v) is 6.83. The Bertz CT molecular complexity index is 282. The van der Waals surface area contributed by atoms with Gasteiger partial charge in [0.1, 0.15) is 6.54 Å². The van der Waals surface area contributed by atoms with Crippen molar-refractivity contribution >= 4 is 12.0 Å². The van der Waals surface area contributed by atoms with Crippen LogP contribution in [0.4, 0.5) is 4.79 Å². The second kappa shape index (κ2) is 9.61. The van der Waals surface area contributed by atoms with Gasteiger partial charge in [-0.05, 0) is 40.3 Å². The molecule has 112 valence electrons. The van der Waals surface area contributed by atoms with Crippen molar-refractivity contribution in [1.82, 2.24) is 15.1 Å². The molecule has 0 aliphatic heterocycles. The lowest BCUT2D eigenvalue weighted by molar-refractivity contribution is -0.137. The molecule has 2 N–H and O–H groups in total. The molecule has 2 amide bonds. The van der Waals surface area contributed by atoms with Crippen LogP contribution in [0.3, 0.4) is 0 Å². The molecule has 0 radical (unpaired) electrons. The molecule has 0 saturated carbocycles. The number of carboxylic acid groups (broad SMARTS) is 1. The van der Waals surface area contributed by atoms with Gasteiger partial charge in [-0.3, -0.25) is 4.79 Å². The highest BCUT2D eigenvalue weighted by Crippen LogP contribution is 1.96. The Hall–Kier alpha value is -1.30. The number of hydrogen-bond donors (Lipinski definition) is 2. The standard InChI is InChI=1S/C13H27N3O3/c1-5-8-16(10-12(17)18)13(19)14-7-6-9-15(4)11(2)3/h11H,5-10H2,1-4H3,(H,14,19)(H,17,18). The van der Waals surface area contributed by atoms with Crippen LogP contribution < -0.4 is 5.32 Å². The molecule has 0 aromatic carbocycles. The monoisotopic (exact) mass is 273 g/mol. The maximum absolute atomic E-state index is 11.8. The van der Waals surface area contributed by atoms with E-state index in [-0.39, 0.29) is 12.6 Å². The number of rotatable bonds is 9. The highest BCUT2D eigenvalue weighted by atomic mass is 16.4. The molecule has 0 aliphatic carbocycles. The summed E-state index contributed by atoms with van der Waals surface area (Å²) in [4.78, 5) is 26.0. The maximum Gasteiger partial charge on any atom is 0.323 e. The predicted octanol–water partition coefficient (Wildman–Crippen LogP) is 1.22. The lowest BCUT2D eigenvalue weighted by Gasteiger charge is -2.22. The molecule has 0 saturated heterocycles. The van der Waals surface area contributed by atoms with Gasteiger partial charge >= 0.3 is 12.0 Å². The van der Waals surface area contributed by atoms with Crippen LogP contribution in [0.15, 0.2) is 0 Å². The Kier molecular flexibility index (Phi) is 8.95. The zero-order valence-electron chi connectivity index (χ0n) is 12.5. The number of aliphatic carboxylic acids is 1. The van der Waals surface area contributed by atoms with Crippen LogP contribution in [0.5, 0.6) is 0 Å². The number of carboxylic acids is 1. The van der Waals surface area contributed by atoms with Crippen molar-refractivity contribution in [3.05, 3.63) is 0 Å². The van der Waals surface area contributed by atoms with E-state index in [0.29, 0.717) is 19.1 Å². The van der Waals surface area contributed by atoms with Gasteiger partial charge in [-0.2, -0.15) is 0 Å². The van der Waals surface area contributed by atoms with Crippen molar-refractivity contribution in [2.75, 3.05) is 33.2 Å². The fraction of sp³-hybridized carbons (Fsp3) is 0.846. The van der Waals surface area contributed by atoms with E-state index in [1.165, 1.54) is 4.90 Å². The second-order valence-electron chi connectivity index (χ2n) is 4.98. The number of nitrogens with one attached hydrogen (secondary N) is 1. The van der Waals surface area contributed by atoms with Gasteiger partial charge < -0.3 is 20.2 Å². The zero-order valence-corrected chi connectivity index (χ0v) is 12.5. The van der Waals surface area contributed by atoms with Gasteiger partial charge in [0.15, 0.2) is 0 Å². The Labute approximate surface area is 115 Å². The maximum atomic E-state index is 11.8. The van der Waals surface area contributed by atoms with Crippen LogP contribution in [0.25, 0.3) is 0 Å². The molecule has 0 bridgehead atoms. The Balaban J connectivity index is 3.95. The smallest absolute Gasteiger partial charge is 0.323 e. The third-order valence-corrected chi connectivity index (χ3v) is 2.95. The minimum absolute atomic E-state index is 0.244. The summed E-state index contributed by atoms with van der Waals surface area (Å²) in [6.45, 7) is 7.85. The summed E-state index contributed by atoms with van der Waals surface area (Å²) in [7, 11) is 2.04. The largest absolute Gasteiger partial charge is 0.480 e. The van der Waals surface area contributed by atoms with Gasteiger partial charge in [0.25, 0.3) is 0 Å². The van der Waals surface area contributed by atoms with E-state index in [1.54, 1.807) is 0 Å². The number of urea groups is 1. The van der Waals surface area contributed by atoms with Crippen LogP contribution >= 0.6 is 0 Å². The topological polar surface area (TPSA) is 72.9 Å². The number of carbonyl (C=O) groups excluding carboxylic acids is 1. The number of nitrogens with zero attached hydrogens (tertiary/aromatic N) is 2. The second-order valence-corrected chi connectivity index (χ2v) is 4.98. The van der Waals surface area contributed by atoms with Crippen molar-refractivity contribution in [3.8, 4) is 0 Å². The highest BCUT2D eigenvalue weighted by molar-refractivity contribution is 5.80. The molecule has 0 heterocycles. The summed E-state index contributed by atoms with van der Waals surface area (Å²) in [6.07, 6.45) is 1.60. The van der Waals surface area contributed by atoms with Gasteiger partial charge in [0, 0.05) is 19.1 Å². The molecular weight excluding hydrogens is 246 g/mol. The van der Waals surface area contributed by atoms with Crippen molar-refractivity contribution in [1.29, 1.82) is 0 Å². The number of hydrogen-bond acceptors (Lipinski definition) is 3. The number of amides is 2. The minimum atomic E-state index is -0.983. The molecular formula is C13H27N3O3. The predicted molar refractivity (Wildman–Crippen MR) is 75.3 cm³/mol. The van der Waals surface area contributed by atoms with E-state index < -0.39 is 5.97 Å². The van der Waals surface area contributed by atoms with Crippen LogP contribution in [-0.4, -0.2) is 66.2 Å². The SMILES string of the molecule is CCCN(CC(=O)O)C(=O)NCCCN(C)C(C)C. The Morgan fingerprint density at radius 1 is 1.26 bits per heavy atom. The summed E-state index contributed by atoms with van der Waals surface area (Å²) in [6, 6.07) is 0.191. The van der Waals surface area contributed by atoms with E-state index in [0.717, 1.165) is 19.4 Å².